The first-order valence-electron chi connectivity index (χ1n) is 17.6. The van der Waals surface area contributed by atoms with Gasteiger partial charge in [0, 0.05) is 91.2 Å². The molecule has 0 aliphatic carbocycles. The number of amides is 4. The number of thioether (sulfide) groups is 1. The number of urea groups is 1. The molecule has 3 aliphatic rings. The van der Waals surface area contributed by atoms with Crippen LogP contribution >= 0.6 is 11.8 Å². The molecule has 5 heterocycles. The number of unbranched alkanes of at least 4 members (excludes halogenated alkanes) is 1. The van der Waals surface area contributed by atoms with Crippen LogP contribution in [0, 0.1) is 6.92 Å². The number of aromatic nitrogens is 3. The maximum absolute atomic E-state index is 13.2. The first-order valence-corrected chi connectivity index (χ1v) is 18.6. The van der Waals surface area contributed by atoms with Crippen LogP contribution in [-0.4, -0.2) is 91.9 Å². The van der Waals surface area contributed by atoms with E-state index in [4.69, 9.17) is 0 Å². The molecule has 7 rings (SSSR count). The third kappa shape index (κ3) is 8.66. The molecule has 3 atom stereocenters. The van der Waals surface area contributed by atoms with Gasteiger partial charge in [-0.1, -0.05) is 24.6 Å². The molecular formula is C38H43N9O3S. The smallest absolute Gasteiger partial charge is 0.315 e. The van der Waals surface area contributed by atoms with E-state index in [0.29, 0.717) is 28.9 Å². The van der Waals surface area contributed by atoms with Crippen molar-refractivity contribution in [2.24, 2.45) is 0 Å². The fourth-order valence-electron chi connectivity index (χ4n) is 6.85. The van der Waals surface area contributed by atoms with Crippen molar-refractivity contribution in [2.75, 3.05) is 42.6 Å². The van der Waals surface area contributed by atoms with Crippen LogP contribution in [0.4, 0.5) is 22.1 Å². The number of piperazine rings is 1. The molecule has 51 heavy (non-hydrogen) atoms. The van der Waals surface area contributed by atoms with Crippen LogP contribution in [0.25, 0.3) is 11.3 Å². The highest BCUT2D eigenvalue weighted by Gasteiger charge is 2.42. The Kier molecular flexibility index (Phi) is 10.7. The van der Waals surface area contributed by atoms with E-state index in [2.05, 4.69) is 41.1 Å². The van der Waals surface area contributed by atoms with Gasteiger partial charge in [0.1, 0.15) is 0 Å². The molecule has 2 aromatic carbocycles. The normalized spacial score (nSPS) is 20.0. The fraction of sp³-hybridized carbons (Fsp3) is 0.368. The number of carbonyl (C=O) groups is 3. The van der Waals surface area contributed by atoms with Crippen LogP contribution in [-0.2, 0) is 11.3 Å². The second-order valence-corrected chi connectivity index (χ2v) is 14.6. The van der Waals surface area contributed by atoms with Crippen LogP contribution < -0.4 is 21.3 Å². The Hall–Kier alpha value is -5.01. The summed E-state index contributed by atoms with van der Waals surface area (Å²) < 4.78 is 0. The molecule has 0 spiro atoms. The van der Waals surface area contributed by atoms with E-state index in [1.165, 1.54) is 0 Å². The van der Waals surface area contributed by atoms with E-state index < -0.39 is 0 Å². The molecule has 0 radical (unpaired) electrons. The average Bonchev–Trinajstić information content (AvgIpc) is 3.71. The van der Waals surface area contributed by atoms with Gasteiger partial charge >= 0.3 is 6.03 Å². The number of nitrogens with one attached hydrogen (secondary N) is 4. The molecule has 12 nitrogen and oxygen atoms in total. The molecule has 3 aliphatic heterocycles. The summed E-state index contributed by atoms with van der Waals surface area (Å²) in [5.74, 6) is 1.46. The number of hydrogen-bond donors (Lipinski definition) is 4. The zero-order chi connectivity index (χ0) is 35.2. The topological polar surface area (TPSA) is 144 Å². The van der Waals surface area contributed by atoms with E-state index >= 15 is 0 Å². The van der Waals surface area contributed by atoms with Crippen LogP contribution in [0.2, 0.25) is 0 Å². The SMILES string of the molecule is Cc1ccc(NC(=O)c2ccc(CN3CCN(C(=O)CCCCC4SCC5NC(=O)NC54)CC3)cc2)cc1Nc1nccc(-c2cccnc2)n1. The summed E-state index contributed by atoms with van der Waals surface area (Å²) >= 11 is 1.92. The van der Waals surface area contributed by atoms with Crippen LogP contribution in [0.1, 0.15) is 47.2 Å². The Morgan fingerprint density at radius 2 is 1.82 bits per heavy atom. The minimum atomic E-state index is -0.188. The van der Waals surface area contributed by atoms with Crippen molar-refractivity contribution in [3.63, 3.8) is 0 Å². The van der Waals surface area contributed by atoms with Gasteiger partial charge < -0.3 is 26.2 Å². The van der Waals surface area contributed by atoms with Crippen molar-refractivity contribution in [3.05, 3.63) is 95.9 Å². The Balaban J connectivity index is 0.843. The van der Waals surface area contributed by atoms with Gasteiger partial charge in [-0.05, 0) is 73.4 Å². The van der Waals surface area contributed by atoms with Crippen molar-refractivity contribution in [2.45, 2.75) is 56.5 Å². The Labute approximate surface area is 302 Å². The number of nitrogens with zero attached hydrogens (tertiary/aromatic N) is 5. The van der Waals surface area contributed by atoms with Crippen molar-refractivity contribution < 1.29 is 14.4 Å². The quantitative estimate of drug-likeness (QED) is 0.115. The summed E-state index contributed by atoms with van der Waals surface area (Å²) in [5.41, 5.74) is 5.82. The third-order valence-corrected chi connectivity index (χ3v) is 11.3. The summed E-state index contributed by atoms with van der Waals surface area (Å²) in [5, 5.41) is 12.8. The molecule has 4 N–H and O–H groups in total. The van der Waals surface area contributed by atoms with E-state index in [1.54, 1.807) is 18.6 Å². The Bertz CT molecular complexity index is 1850. The monoisotopic (exact) mass is 705 g/mol. The van der Waals surface area contributed by atoms with Gasteiger partial charge in [-0.25, -0.2) is 14.8 Å². The van der Waals surface area contributed by atoms with Crippen molar-refractivity contribution in [3.8, 4) is 11.3 Å². The number of anilines is 3. The molecule has 13 heteroatoms. The average molecular weight is 706 g/mol. The van der Waals surface area contributed by atoms with Gasteiger partial charge in [-0.3, -0.25) is 19.5 Å². The number of pyridine rings is 1. The van der Waals surface area contributed by atoms with Crippen molar-refractivity contribution in [1.82, 2.24) is 35.4 Å². The largest absolute Gasteiger partial charge is 0.340 e. The van der Waals surface area contributed by atoms with Crippen LogP contribution in [0.5, 0.6) is 0 Å². The number of aryl methyl sites for hydroxylation is 1. The maximum Gasteiger partial charge on any atom is 0.315 e. The summed E-state index contributed by atoms with van der Waals surface area (Å²) in [7, 11) is 0. The number of rotatable bonds is 12. The summed E-state index contributed by atoms with van der Waals surface area (Å²) in [6.45, 7) is 5.87. The zero-order valence-electron chi connectivity index (χ0n) is 28.7. The molecule has 4 aromatic rings. The summed E-state index contributed by atoms with van der Waals surface area (Å²) in [6, 6.07) is 19.5. The predicted octanol–water partition coefficient (Wildman–Crippen LogP) is 5.21. The van der Waals surface area contributed by atoms with E-state index in [9.17, 15) is 14.4 Å². The minimum absolute atomic E-state index is 0.0522. The molecule has 3 saturated heterocycles. The molecule has 3 fully saturated rings. The van der Waals surface area contributed by atoms with Gasteiger partial charge in [-0.2, -0.15) is 11.8 Å². The van der Waals surface area contributed by atoms with Crippen molar-refractivity contribution in [1.29, 1.82) is 0 Å². The fourth-order valence-corrected chi connectivity index (χ4v) is 8.39. The van der Waals surface area contributed by atoms with Gasteiger partial charge in [0.05, 0.1) is 17.8 Å². The lowest BCUT2D eigenvalue weighted by molar-refractivity contribution is -0.133. The lowest BCUT2D eigenvalue weighted by Crippen LogP contribution is -2.48. The van der Waals surface area contributed by atoms with Gasteiger partial charge in [-0.15, -0.1) is 0 Å². The van der Waals surface area contributed by atoms with Crippen molar-refractivity contribution >= 4 is 46.9 Å². The molecule has 3 unspecified atom stereocenters. The molecule has 0 bridgehead atoms. The van der Waals surface area contributed by atoms with Gasteiger partial charge in [0.15, 0.2) is 0 Å². The highest BCUT2D eigenvalue weighted by Crippen LogP contribution is 2.33. The number of fused-ring (bicyclic) bond motifs is 1. The zero-order valence-corrected chi connectivity index (χ0v) is 29.5. The Morgan fingerprint density at radius 1 is 0.980 bits per heavy atom. The number of hydrogen-bond acceptors (Lipinski definition) is 9. The summed E-state index contributed by atoms with van der Waals surface area (Å²) in [6.07, 6.45) is 8.68. The molecule has 4 amide bonds. The molecule has 0 saturated carbocycles. The second kappa shape index (κ2) is 15.9. The van der Waals surface area contributed by atoms with Gasteiger partial charge in [0.2, 0.25) is 11.9 Å². The maximum atomic E-state index is 13.2. The Morgan fingerprint density at radius 3 is 2.63 bits per heavy atom. The first kappa shape index (κ1) is 34.4. The highest BCUT2D eigenvalue weighted by molar-refractivity contribution is 8.00. The second-order valence-electron chi connectivity index (χ2n) is 13.3. The van der Waals surface area contributed by atoms with Gasteiger partial charge in [0.25, 0.3) is 5.91 Å². The standard InChI is InChI=1S/C38H43N9O3S/c1-25-8-13-29(21-31(25)43-37-40-16-14-30(42-37)28-5-4-15-39-22-28)41-36(49)27-11-9-26(10-12-27)23-46-17-19-47(20-18-46)34(48)7-3-2-6-33-35-32(24-51-33)44-38(50)45-35/h4-5,8-16,21-22,32-33,35H,2-3,6-7,17-20,23-24H2,1H3,(H,41,49)(H,40,42,43)(H2,44,45,50). The van der Waals surface area contributed by atoms with E-state index in [0.717, 1.165) is 85.8 Å². The molecule has 264 valence electrons. The highest BCUT2D eigenvalue weighted by atomic mass is 32.2. The summed E-state index contributed by atoms with van der Waals surface area (Å²) in [4.78, 5) is 55.2. The van der Waals surface area contributed by atoms with Crippen LogP contribution in [0.15, 0.2) is 79.3 Å². The lowest BCUT2D eigenvalue weighted by Gasteiger charge is -2.35. The molecule has 2 aromatic heterocycles. The number of benzene rings is 2. The van der Waals surface area contributed by atoms with E-state index in [-0.39, 0.29) is 29.9 Å². The first-order chi connectivity index (χ1) is 24.9. The predicted molar refractivity (Wildman–Crippen MR) is 200 cm³/mol. The third-order valence-electron chi connectivity index (χ3n) is 9.77. The molecular weight excluding hydrogens is 663 g/mol. The van der Waals surface area contributed by atoms with Crippen LogP contribution in [0.3, 0.4) is 0 Å². The lowest BCUT2D eigenvalue weighted by atomic mass is 10.0. The minimum Gasteiger partial charge on any atom is -0.340 e. The number of carbonyl (C=O) groups excluding carboxylic acids is 3. The van der Waals surface area contributed by atoms with E-state index in [1.807, 2.05) is 84.2 Å².